The molecule has 2 fully saturated rings. The highest BCUT2D eigenvalue weighted by atomic mass is 32.2. The van der Waals surface area contributed by atoms with Crippen LogP contribution in [0.25, 0.3) is 0 Å². The number of piperidine rings is 2. The van der Waals surface area contributed by atoms with Gasteiger partial charge in [0.1, 0.15) is 0 Å². The molecule has 0 aliphatic carbocycles. The second kappa shape index (κ2) is 8.02. The third kappa shape index (κ3) is 4.35. The van der Waals surface area contributed by atoms with Crippen molar-refractivity contribution in [2.45, 2.75) is 50.1 Å². The van der Waals surface area contributed by atoms with Crippen LogP contribution in [0.1, 0.15) is 48.0 Å². The van der Waals surface area contributed by atoms with Gasteiger partial charge in [-0.15, -0.1) is 0 Å². The molecule has 28 heavy (non-hydrogen) atoms. The van der Waals surface area contributed by atoms with E-state index in [9.17, 15) is 26.4 Å². The molecule has 0 saturated carbocycles. The van der Waals surface area contributed by atoms with Crippen LogP contribution in [0.4, 0.5) is 13.2 Å². The molecule has 3 rings (SSSR count). The lowest BCUT2D eigenvalue weighted by Crippen LogP contribution is -2.44. The van der Waals surface area contributed by atoms with E-state index < -0.39 is 28.0 Å². The maximum absolute atomic E-state index is 13.1. The molecule has 0 bridgehead atoms. The molecule has 0 unspecified atom stereocenters. The number of carbonyl (C=O) groups excluding carboxylic acids is 1. The maximum Gasteiger partial charge on any atom is 0.393 e. The molecule has 1 aromatic rings. The van der Waals surface area contributed by atoms with Crippen LogP contribution < -0.4 is 0 Å². The Balaban J connectivity index is 1.86. The summed E-state index contributed by atoms with van der Waals surface area (Å²) in [6.45, 7) is 2.41. The Bertz CT molecular complexity index is 833. The standard InChI is InChI=1S/C19H25F3N2O3S/c1-14-7-8-16(28(26,27)24-10-3-2-4-11-24)12-17(14)18(25)23-9-5-6-15(13-23)19(20,21)22/h7-8,12,15H,2-6,9-11,13H2,1H3/t15-/m1/s1. The Hall–Kier alpha value is -1.61. The van der Waals surface area contributed by atoms with Gasteiger partial charge in [0.25, 0.3) is 5.91 Å². The minimum absolute atomic E-state index is 0.00956. The van der Waals surface area contributed by atoms with Crippen molar-refractivity contribution in [3.63, 3.8) is 0 Å². The van der Waals surface area contributed by atoms with Crippen molar-refractivity contribution >= 4 is 15.9 Å². The van der Waals surface area contributed by atoms with Gasteiger partial charge in [0.15, 0.2) is 0 Å². The minimum Gasteiger partial charge on any atom is -0.338 e. The van der Waals surface area contributed by atoms with Crippen LogP contribution in [-0.4, -0.2) is 55.9 Å². The Kier molecular flexibility index (Phi) is 6.05. The highest BCUT2D eigenvalue weighted by Crippen LogP contribution is 2.34. The van der Waals surface area contributed by atoms with Crippen molar-refractivity contribution < 1.29 is 26.4 Å². The number of amides is 1. The molecule has 156 valence electrons. The number of rotatable bonds is 3. The molecule has 1 aromatic carbocycles. The van der Waals surface area contributed by atoms with Gasteiger partial charge in [0.2, 0.25) is 10.0 Å². The van der Waals surface area contributed by atoms with E-state index in [1.807, 2.05) is 0 Å². The lowest BCUT2D eigenvalue weighted by Gasteiger charge is -2.34. The fourth-order valence-electron chi connectivity index (χ4n) is 3.85. The van der Waals surface area contributed by atoms with Crippen molar-refractivity contribution in [3.05, 3.63) is 29.3 Å². The first-order chi connectivity index (χ1) is 13.1. The molecule has 0 N–H and O–H groups in total. The van der Waals surface area contributed by atoms with E-state index in [2.05, 4.69) is 0 Å². The van der Waals surface area contributed by atoms with Crippen molar-refractivity contribution in [1.29, 1.82) is 0 Å². The molecule has 9 heteroatoms. The largest absolute Gasteiger partial charge is 0.393 e. The summed E-state index contributed by atoms with van der Waals surface area (Å²) in [5.74, 6) is -2.08. The SMILES string of the molecule is Cc1ccc(S(=O)(=O)N2CCCCC2)cc1C(=O)N1CCC[C@@H](C(F)(F)F)C1. The summed E-state index contributed by atoms with van der Waals surface area (Å²) in [5, 5.41) is 0. The normalized spacial score (nSPS) is 22.3. The zero-order valence-corrected chi connectivity index (χ0v) is 16.7. The van der Waals surface area contributed by atoms with Crippen LogP contribution in [0.3, 0.4) is 0 Å². The number of benzene rings is 1. The highest BCUT2D eigenvalue weighted by Gasteiger charge is 2.43. The highest BCUT2D eigenvalue weighted by molar-refractivity contribution is 7.89. The number of likely N-dealkylation sites (tertiary alicyclic amines) is 1. The van der Waals surface area contributed by atoms with Gasteiger partial charge in [-0.25, -0.2) is 8.42 Å². The number of alkyl halides is 3. The van der Waals surface area contributed by atoms with E-state index in [0.717, 1.165) is 19.3 Å². The van der Waals surface area contributed by atoms with E-state index in [1.165, 1.54) is 21.3 Å². The lowest BCUT2D eigenvalue weighted by molar-refractivity contribution is -0.184. The second-order valence-electron chi connectivity index (χ2n) is 7.57. The Morgan fingerprint density at radius 3 is 2.39 bits per heavy atom. The van der Waals surface area contributed by atoms with Crippen molar-refractivity contribution in [1.82, 2.24) is 9.21 Å². The molecular formula is C19H25F3N2O3S. The van der Waals surface area contributed by atoms with E-state index in [4.69, 9.17) is 0 Å². The average molecular weight is 418 g/mol. The van der Waals surface area contributed by atoms with Crippen LogP contribution in [0, 0.1) is 12.8 Å². The predicted molar refractivity (Wildman–Crippen MR) is 98.5 cm³/mol. The van der Waals surface area contributed by atoms with E-state index in [0.29, 0.717) is 18.7 Å². The van der Waals surface area contributed by atoms with Gasteiger partial charge in [0.05, 0.1) is 10.8 Å². The first-order valence-electron chi connectivity index (χ1n) is 9.57. The summed E-state index contributed by atoms with van der Waals surface area (Å²) in [5.41, 5.74) is 0.706. The molecule has 1 amide bonds. The number of halogens is 3. The van der Waals surface area contributed by atoms with Gasteiger partial charge in [-0.2, -0.15) is 17.5 Å². The number of hydrogen-bond acceptors (Lipinski definition) is 3. The first kappa shape index (κ1) is 21.1. The van der Waals surface area contributed by atoms with Crippen LogP contribution in [0.2, 0.25) is 0 Å². The average Bonchev–Trinajstić information content (AvgIpc) is 2.68. The number of nitrogens with zero attached hydrogens (tertiary/aromatic N) is 2. The molecule has 0 aromatic heterocycles. The van der Waals surface area contributed by atoms with E-state index in [1.54, 1.807) is 13.0 Å². The summed E-state index contributed by atoms with van der Waals surface area (Å²) >= 11 is 0. The summed E-state index contributed by atoms with van der Waals surface area (Å²) in [7, 11) is -3.72. The van der Waals surface area contributed by atoms with E-state index >= 15 is 0 Å². The Morgan fingerprint density at radius 1 is 1.07 bits per heavy atom. The topological polar surface area (TPSA) is 57.7 Å². The molecule has 2 aliphatic rings. The van der Waals surface area contributed by atoms with Gasteiger partial charge < -0.3 is 4.90 Å². The number of carbonyl (C=O) groups is 1. The second-order valence-corrected chi connectivity index (χ2v) is 9.51. The van der Waals surface area contributed by atoms with Crippen molar-refractivity contribution in [2.75, 3.05) is 26.2 Å². The third-order valence-electron chi connectivity index (χ3n) is 5.56. The van der Waals surface area contributed by atoms with Crippen LogP contribution in [-0.2, 0) is 10.0 Å². The van der Waals surface area contributed by atoms with Crippen molar-refractivity contribution in [2.24, 2.45) is 5.92 Å². The van der Waals surface area contributed by atoms with E-state index in [-0.39, 0.29) is 36.4 Å². The molecule has 5 nitrogen and oxygen atoms in total. The van der Waals surface area contributed by atoms with Gasteiger partial charge in [0, 0.05) is 31.7 Å². The van der Waals surface area contributed by atoms with Gasteiger partial charge in [-0.05, 0) is 50.3 Å². The zero-order chi connectivity index (χ0) is 20.5. The zero-order valence-electron chi connectivity index (χ0n) is 15.8. The number of hydrogen-bond donors (Lipinski definition) is 0. The molecule has 0 radical (unpaired) electrons. The molecule has 2 heterocycles. The molecular weight excluding hydrogens is 393 g/mol. The lowest BCUT2D eigenvalue weighted by atomic mass is 9.96. The van der Waals surface area contributed by atoms with Crippen LogP contribution >= 0.6 is 0 Å². The smallest absolute Gasteiger partial charge is 0.338 e. The quantitative estimate of drug-likeness (QED) is 0.754. The van der Waals surface area contributed by atoms with Crippen molar-refractivity contribution in [3.8, 4) is 0 Å². The predicted octanol–water partition coefficient (Wildman–Crippen LogP) is 3.58. The Morgan fingerprint density at radius 2 is 1.75 bits per heavy atom. The first-order valence-corrected chi connectivity index (χ1v) is 11.0. The van der Waals surface area contributed by atoms with Gasteiger partial charge in [-0.1, -0.05) is 12.5 Å². The van der Waals surface area contributed by atoms with Gasteiger partial charge in [-0.3, -0.25) is 4.79 Å². The summed E-state index contributed by atoms with van der Waals surface area (Å²) in [6, 6.07) is 4.33. The molecule has 0 spiro atoms. The number of sulfonamides is 1. The van der Waals surface area contributed by atoms with Gasteiger partial charge >= 0.3 is 6.18 Å². The molecule has 2 saturated heterocycles. The summed E-state index contributed by atoms with van der Waals surface area (Å²) < 4.78 is 66.4. The maximum atomic E-state index is 13.1. The summed E-state index contributed by atoms with van der Waals surface area (Å²) in [4.78, 5) is 14.1. The van der Waals surface area contributed by atoms with Crippen LogP contribution in [0.15, 0.2) is 23.1 Å². The number of aryl methyl sites for hydroxylation is 1. The van der Waals surface area contributed by atoms with Crippen LogP contribution in [0.5, 0.6) is 0 Å². The molecule has 2 aliphatic heterocycles. The minimum atomic E-state index is -4.34. The monoisotopic (exact) mass is 418 g/mol. The third-order valence-corrected chi connectivity index (χ3v) is 7.46. The Labute approximate surface area is 163 Å². The molecule has 1 atom stereocenters. The fraction of sp³-hybridized carbons (Fsp3) is 0.632. The summed E-state index contributed by atoms with van der Waals surface area (Å²) in [6.07, 6.45) is -1.48. The fourth-order valence-corrected chi connectivity index (χ4v) is 5.39.